The second-order valence-electron chi connectivity index (χ2n) is 5.59. The first-order valence-corrected chi connectivity index (χ1v) is 6.64. The van der Waals surface area contributed by atoms with E-state index in [-0.39, 0.29) is 18.5 Å². The topological polar surface area (TPSA) is 87.5 Å². The van der Waals surface area contributed by atoms with Crippen molar-refractivity contribution in [2.45, 2.75) is 20.3 Å². The van der Waals surface area contributed by atoms with Crippen LogP contribution in [0.3, 0.4) is 0 Å². The minimum absolute atomic E-state index is 0.0207. The SMILES string of the molecule is CC(C)C1(C(=O)O)CCN(C(=O)Nc2ccn(C)n2)C1. The molecule has 7 nitrogen and oxygen atoms in total. The van der Waals surface area contributed by atoms with Gasteiger partial charge < -0.3 is 10.0 Å². The fourth-order valence-corrected chi connectivity index (χ4v) is 2.57. The Morgan fingerprint density at radius 1 is 1.50 bits per heavy atom. The largest absolute Gasteiger partial charge is 0.481 e. The van der Waals surface area contributed by atoms with Gasteiger partial charge >= 0.3 is 12.0 Å². The fourth-order valence-electron chi connectivity index (χ4n) is 2.57. The van der Waals surface area contributed by atoms with Crippen LogP contribution in [-0.4, -0.2) is 44.9 Å². The zero-order chi connectivity index (χ0) is 14.9. The van der Waals surface area contributed by atoms with Crippen LogP contribution in [0, 0.1) is 11.3 Å². The highest BCUT2D eigenvalue weighted by molar-refractivity contribution is 5.89. The zero-order valence-corrected chi connectivity index (χ0v) is 12.0. The van der Waals surface area contributed by atoms with Gasteiger partial charge in [-0.2, -0.15) is 5.10 Å². The minimum atomic E-state index is -0.846. The van der Waals surface area contributed by atoms with Gasteiger partial charge in [0.15, 0.2) is 5.82 Å². The number of carboxylic acids is 1. The van der Waals surface area contributed by atoms with Crippen LogP contribution in [0.1, 0.15) is 20.3 Å². The summed E-state index contributed by atoms with van der Waals surface area (Å²) in [6, 6.07) is 1.40. The predicted molar refractivity (Wildman–Crippen MR) is 73.3 cm³/mol. The Balaban J connectivity index is 2.05. The van der Waals surface area contributed by atoms with Gasteiger partial charge in [0.2, 0.25) is 0 Å². The summed E-state index contributed by atoms with van der Waals surface area (Å²) in [6.07, 6.45) is 2.21. The summed E-state index contributed by atoms with van der Waals surface area (Å²) < 4.78 is 1.59. The third-order valence-corrected chi connectivity index (χ3v) is 4.07. The van der Waals surface area contributed by atoms with Gasteiger partial charge in [-0.25, -0.2) is 4.79 Å². The molecule has 2 N–H and O–H groups in total. The molecule has 2 rings (SSSR count). The Kier molecular flexibility index (Phi) is 3.69. The van der Waals surface area contributed by atoms with E-state index in [1.165, 1.54) is 0 Å². The maximum atomic E-state index is 12.1. The van der Waals surface area contributed by atoms with Gasteiger partial charge in [-0.05, 0) is 12.3 Å². The molecule has 1 aliphatic rings. The highest BCUT2D eigenvalue weighted by Crippen LogP contribution is 2.38. The molecule has 0 radical (unpaired) electrons. The average molecular weight is 280 g/mol. The summed E-state index contributed by atoms with van der Waals surface area (Å²) >= 11 is 0. The Labute approximate surface area is 117 Å². The van der Waals surface area contributed by atoms with Crippen molar-refractivity contribution in [3.63, 3.8) is 0 Å². The summed E-state index contributed by atoms with van der Waals surface area (Å²) in [5, 5.41) is 16.2. The van der Waals surface area contributed by atoms with E-state index in [1.54, 1.807) is 28.9 Å². The lowest BCUT2D eigenvalue weighted by molar-refractivity contribution is -0.150. The number of urea groups is 1. The number of nitrogens with zero attached hydrogens (tertiary/aromatic N) is 3. The Hall–Kier alpha value is -2.05. The van der Waals surface area contributed by atoms with Gasteiger partial charge in [-0.15, -0.1) is 0 Å². The molecular weight excluding hydrogens is 260 g/mol. The van der Waals surface area contributed by atoms with E-state index < -0.39 is 11.4 Å². The molecule has 1 aromatic heterocycles. The third-order valence-electron chi connectivity index (χ3n) is 4.07. The molecule has 1 fully saturated rings. The van der Waals surface area contributed by atoms with Crippen LogP contribution in [0.5, 0.6) is 0 Å². The van der Waals surface area contributed by atoms with Crippen LogP contribution in [0.25, 0.3) is 0 Å². The van der Waals surface area contributed by atoms with E-state index in [1.807, 2.05) is 13.8 Å². The van der Waals surface area contributed by atoms with Crippen LogP contribution >= 0.6 is 0 Å². The molecule has 1 aromatic rings. The molecule has 20 heavy (non-hydrogen) atoms. The van der Waals surface area contributed by atoms with Crippen molar-refractivity contribution in [3.05, 3.63) is 12.3 Å². The highest BCUT2D eigenvalue weighted by Gasteiger charge is 2.48. The number of aliphatic carboxylic acids is 1. The summed E-state index contributed by atoms with van der Waals surface area (Å²) in [5.74, 6) is -0.386. The summed E-state index contributed by atoms with van der Waals surface area (Å²) in [4.78, 5) is 25.2. The maximum Gasteiger partial charge on any atom is 0.323 e. The number of carboxylic acid groups (broad SMARTS) is 1. The number of amides is 2. The summed E-state index contributed by atoms with van der Waals surface area (Å²) in [7, 11) is 1.76. The van der Waals surface area contributed by atoms with E-state index in [0.717, 1.165) is 0 Å². The van der Waals surface area contributed by atoms with Crippen molar-refractivity contribution < 1.29 is 14.7 Å². The van der Waals surface area contributed by atoms with Crippen LogP contribution in [0.15, 0.2) is 12.3 Å². The van der Waals surface area contributed by atoms with E-state index in [4.69, 9.17) is 0 Å². The van der Waals surface area contributed by atoms with Crippen molar-refractivity contribution in [1.82, 2.24) is 14.7 Å². The molecule has 110 valence electrons. The van der Waals surface area contributed by atoms with Gasteiger partial charge in [-0.3, -0.25) is 14.8 Å². The van der Waals surface area contributed by atoms with Crippen molar-refractivity contribution in [2.75, 3.05) is 18.4 Å². The standard InChI is InChI=1S/C13H20N4O3/c1-9(2)13(11(18)19)5-7-17(8-13)12(20)14-10-4-6-16(3)15-10/h4,6,9H,5,7-8H2,1-3H3,(H,18,19)(H,14,15,20). The smallest absolute Gasteiger partial charge is 0.323 e. The van der Waals surface area contributed by atoms with Gasteiger partial charge in [0.25, 0.3) is 0 Å². The molecule has 0 spiro atoms. The van der Waals surface area contributed by atoms with Gasteiger partial charge in [-0.1, -0.05) is 13.8 Å². The Morgan fingerprint density at radius 2 is 2.20 bits per heavy atom. The number of aryl methyl sites for hydroxylation is 1. The molecule has 0 bridgehead atoms. The van der Waals surface area contributed by atoms with Crippen molar-refractivity contribution in [2.24, 2.45) is 18.4 Å². The molecular formula is C13H20N4O3. The number of nitrogens with one attached hydrogen (secondary N) is 1. The maximum absolute atomic E-state index is 12.1. The first-order valence-electron chi connectivity index (χ1n) is 6.64. The first-order chi connectivity index (χ1) is 9.35. The molecule has 1 saturated heterocycles. The number of carbonyl (C=O) groups is 2. The lowest BCUT2D eigenvalue weighted by Crippen LogP contribution is -2.41. The summed E-state index contributed by atoms with van der Waals surface area (Å²) in [5.41, 5.74) is -0.846. The van der Waals surface area contributed by atoms with Crippen LogP contribution in [0.2, 0.25) is 0 Å². The Bertz CT molecular complexity index is 525. The molecule has 7 heteroatoms. The molecule has 2 heterocycles. The lowest BCUT2D eigenvalue weighted by Gasteiger charge is -2.28. The molecule has 0 saturated carbocycles. The third kappa shape index (κ3) is 2.48. The van der Waals surface area contributed by atoms with E-state index >= 15 is 0 Å². The van der Waals surface area contributed by atoms with Gasteiger partial charge in [0.1, 0.15) is 0 Å². The second kappa shape index (κ2) is 5.15. The summed E-state index contributed by atoms with van der Waals surface area (Å²) in [6.45, 7) is 4.45. The number of rotatable bonds is 3. The van der Waals surface area contributed by atoms with Crippen LogP contribution in [0.4, 0.5) is 10.6 Å². The van der Waals surface area contributed by atoms with E-state index in [0.29, 0.717) is 18.8 Å². The average Bonchev–Trinajstić information content (AvgIpc) is 2.96. The van der Waals surface area contributed by atoms with Gasteiger partial charge in [0.05, 0.1) is 5.41 Å². The van der Waals surface area contributed by atoms with Crippen LogP contribution < -0.4 is 5.32 Å². The minimum Gasteiger partial charge on any atom is -0.481 e. The number of likely N-dealkylation sites (tertiary alicyclic amines) is 1. The molecule has 2 amide bonds. The molecule has 1 atom stereocenters. The number of aromatic nitrogens is 2. The normalized spacial score (nSPS) is 22.3. The first kappa shape index (κ1) is 14.4. The molecule has 0 aromatic carbocycles. The monoisotopic (exact) mass is 280 g/mol. The number of hydrogen-bond donors (Lipinski definition) is 2. The van der Waals surface area contributed by atoms with Crippen molar-refractivity contribution >= 4 is 17.8 Å². The second-order valence-corrected chi connectivity index (χ2v) is 5.59. The van der Waals surface area contributed by atoms with E-state index in [2.05, 4.69) is 10.4 Å². The lowest BCUT2D eigenvalue weighted by atomic mass is 9.76. The van der Waals surface area contributed by atoms with Crippen LogP contribution in [-0.2, 0) is 11.8 Å². The predicted octanol–water partition coefficient (Wildman–Crippen LogP) is 1.38. The number of anilines is 1. The molecule has 1 unspecified atom stereocenters. The Morgan fingerprint density at radius 3 is 2.65 bits per heavy atom. The quantitative estimate of drug-likeness (QED) is 0.875. The number of hydrogen-bond acceptors (Lipinski definition) is 3. The molecule has 0 aliphatic carbocycles. The zero-order valence-electron chi connectivity index (χ0n) is 12.0. The number of carbonyl (C=O) groups excluding carboxylic acids is 1. The molecule has 1 aliphatic heterocycles. The van der Waals surface area contributed by atoms with Gasteiger partial charge in [0, 0.05) is 32.4 Å². The van der Waals surface area contributed by atoms with E-state index in [9.17, 15) is 14.7 Å². The van der Waals surface area contributed by atoms with Crippen molar-refractivity contribution in [1.29, 1.82) is 0 Å². The fraction of sp³-hybridized carbons (Fsp3) is 0.615. The highest BCUT2D eigenvalue weighted by atomic mass is 16.4. The van der Waals surface area contributed by atoms with Crippen molar-refractivity contribution in [3.8, 4) is 0 Å².